The molecule has 1 N–H and O–H groups in total. The average Bonchev–Trinajstić information content (AvgIpc) is 2.60. The van der Waals surface area contributed by atoms with Crippen LogP contribution in [0.5, 0.6) is 0 Å². The van der Waals surface area contributed by atoms with E-state index in [2.05, 4.69) is 29.2 Å². The van der Waals surface area contributed by atoms with Crippen molar-refractivity contribution in [3.8, 4) is 11.1 Å². The molecule has 3 nitrogen and oxygen atoms in total. The molecule has 0 saturated carbocycles. The quantitative estimate of drug-likeness (QED) is 0.562. The Morgan fingerprint density at radius 1 is 0.875 bits per heavy atom. The van der Waals surface area contributed by atoms with Gasteiger partial charge in [-0.3, -0.25) is 4.98 Å². The van der Waals surface area contributed by atoms with Gasteiger partial charge in [-0.15, -0.1) is 0 Å². The van der Waals surface area contributed by atoms with Crippen LogP contribution in [0.2, 0.25) is 0 Å². The monoisotopic (exact) mass is 313 g/mol. The fraction of sp³-hybridized carbons (Fsp3) is 0.0476. The fourth-order valence-corrected chi connectivity index (χ4v) is 3.17. The molecule has 0 aliphatic heterocycles. The fourth-order valence-electron chi connectivity index (χ4n) is 3.17. The largest absolute Gasteiger partial charge is 0.478 e. The van der Waals surface area contributed by atoms with Crippen molar-refractivity contribution in [2.75, 3.05) is 0 Å². The summed E-state index contributed by atoms with van der Waals surface area (Å²) < 4.78 is 0. The maximum atomic E-state index is 11.4. The number of fused-ring (bicyclic) bond motifs is 2. The minimum absolute atomic E-state index is 0.273. The van der Waals surface area contributed by atoms with Crippen molar-refractivity contribution in [1.29, 1.82) is 0 Å². The average molecular weight is 313 g/mol. The van der Waals surface area contributed by atoms with Gasteiger partial charge in [-0.05, 0) is 53.1 Å². The van der Waals surface area contributed by atoms with E-state index in [1.165, 1.54) is 0 Å². The Hall–Kier alpha value is -3.20. The summed E-state index contributed by atoms with van der Waals surface area (Å²) in [6, 6.07) is 21.5. The van der Waals surface area contributed by atoms with Gasteiger partial charge in [0, 0.05) is 11.1 Å². The molecule has 3 heteroatoms. The first-order valence-electron chi connectivity index (χ1n) is 7.76. The van der Waals surface area contributed by atoms with E-state index in [1.54, 1.807) is 18.2 Å². The van der Waals surface area contributed by atoms with E-state index in [-0.39, 0.29) is 5.56 Å². The second kappa shape index (κ2) is 5.46. The van der Waals surface area contributed by atoms with Crippen LogP contribution in [0.15, 0.2) is 66.7 Å². The Balaban J connectivity index is 2.11. The van der Waals surface area contributed by atoms with Gasteiger partial charge in [0.1, 0.15) is 0 Å². The Labute approximate surface area is 139 Å². The number of pyridine rings is 1. The number of aromatic nitrogens is 1. The van der Waals surface area contributed by atoms with E-state index >= 15 is 0 Å². The lowest BCUT2D eigenvalue weighted by Crippen LogP contribution is -1.97. The zero-order valence-electron chi connectivity index (χ0n) is 13.2. The Bertz CT molecular complexity index is 1090. The molecule has 0 aliphatic carbocycles. The van der Waals surface area contributed by atoms with Crippen LogP contribution in [0.4, 0.5) is 0 Å². The van der Waals surface area contributed by atoms with Gasteiger partial charge in [-0.25, -0.2) is 4.79 Å². The number of carbonyl (C=O) groups is 1. The van der Waals surface area contributed by atoms with Crippen LogP contribution < -0.4 is 0 Å². The van der Waals surface area contributed by atoms with Crippen LogP contribution >= 0.6 is 0 Å². The maximum absolute atomic E-state index is 11.4. The van der Waals surface area contributed by atoms with Gasteiger partial charge in [-0.2, -0.15) is 0 Å². The molecule has 0 fully saturated rings. The van der Waals surface area contributed by atoms with E-state index < -0.39 is 5.97 Å². The van der Waals surface area contributed by atoms with Crippen molar-refractivity contribution >= 4 is 27.6 Å². The van der Waals surface area contributed by atoms with Gasteiger partial charge in [-0.1, -0.05) is 42.5 Å². The summed E-state index contributed by atoms with van der Waals surface area (Å²) in [7, 11) is 0. The molecule has 0 radical (unpaired) electrons. The molecule has 1 aromatic heterocycles. The summed E-state index contributed by atoms with van der Waals surface area (Å²) in [5, 5.41) is 12.5. The highest BCUT2D eigenvalue weighted by atomic mass is 16.4. The van der Waals surface area contributed by atoms with E-state index in [9.17, 15) is 9.90 Å². The third-order valence-electron chi connectivity index (χ3n) is 4.26. The number of carboxylic acid groups (broad SMARTS) is 1. The maximum Gasteiger partial charge on any atom is 0.335 e. The highest BCUT2D eigenvalue weighted by Gasteiger charge is 2.12. The normalized spacial score (nSPS) is 11.0. The molecule has 0 atom stereocenters. The minimum atomic E-state index is -0.929. The van der Waals surface area contributed by atoms with Gasteiger partial charge in [0.2, 0.25) is 0 Å². The number of aromatic carboxylic acids is 1. The predicted octanol–water partition coefficient (Wildman–Crippen LogP) is 5.06. The zero-order valence-corrected chi connectivity index (χ0v) is 13.2. The molecule has 0 unspecified atom stereocenters. The first-order chi connectivity index (χ1) is 11.6. The summed E-state index contributed by atoms with van der Waals surface area (Å²) >= 11 is 0. The number of hydrogen-bond acceptors (Lipinski definition) is 2. The molecule has 0 amide bonds. The molecule has 3 aromatic carbocycles. The van der Waals surface area contributed by atoms with Crippen LogP contribution in [0.25, 0.3) is 32.8 Å². The summed E-state index contributed by atoms with van der Waals surface area (Å²) in [6.07, 6.45) is 0. The summed E-state index contributed by atoms with van der Waals surface area (Å²) in [6.45, 7) is 1.96. The second-order valence-electron chi connectivity index (χ2n) is 5.87. The molecular weight excluding hydrogens is 298 g/mol. The van der Waals surface area contributed by atoms with Crippen molar-refractivity contribution in [1.82, 2.24) is 4.98 Å². The highest BCUT2D eigenvalue weighted by molar-refractivity contribution is 6.06. The number of rotatable bonds is 2. The van der Waals surface area contributed by atoms with Gasteiger partial charge in [0.15, 0.2) is 0 Å². The molecule has 1 heterocycles. The van der Waals surface area contributed by atoms with Crippen molar-refractivity contribution in [3.05, 3.63) is 78.0 Å². The van der Waals surface area contributed by atoms with Gasteiger partial charge in [0.25, 0.3) is 0 Å². The number of nitrogens with zero attached hydrogens (tertiary/aromatic N) is 1. The van der Waals surface area contributed by atoms with E-state index in [0.717, 1.165) is 38.5 Å². The Kier molecular flexibility index (Phi) is 3.28. The molecule has 0 spiro atoms. The van der Waals surface area contributed by atoms with Crippen LogP contribution in [0.3, 0.4) is 0 Å². The first-order valence-corrected chi connectivity index (χ1v) is 7.76. The molecule has 4 aromatic rings. The van der Waals surface area contributed by atoms with Crippen molar-refractivity contribution in [3.63, 3.8) is 0 Å². The summed E-state index contributed by atoms with van der Waals surface area (Å²) in [5.41, 5.74) is 4.09. The number of carboxylic acids is 1. The van der Waals surface area contributed by atoms with Crippen LogP contribution in [0.1, 0.15) is 16.1 Å². The van der Waals surface area contributed by atoms with Crippen LogP contribution in [-0.2, 0) is 0 Å². The Morgan fingerprint density at radius 2 is 1.67 bits per heavy atom. The first kappa shape index (κ1) is 14.4. The van der Waals surface area contributed by atoms with Crippen molar-refractivity contribution < 1.29 is 9.90 Å². The molecule has 0 saturated heterocycles. The highest BCUT2D eigenvalue weighted by Crippen LogP contribution is 2.34. The smallest absolute Gasteiger partial charge is 0.335 e. The minimum Gasteiger partial charge on any atom is -0.478 e. The van der Waals surface area contributed by atoms with Gasteiger partial charge >= 0.3 is 5.97 Å². The molecule has 116 valence electrons. The molecular formula is C21H15NO2. The summed E-state index contributed by atoms with van der Waals surface area (Å²) in [5.74, 6) is -0.929. The van der Waals surface area contributed by atoms with Crippen LogP contribution in [-0.4, -0.2) is 16.1 Å². The topological polar surface area (TPSA) is 50.2 Å². The van der Waals surface area contributed by atoms with E-state index in [4.69, 9.17) is 0 Å². The lowest BCUT2D eigenvalue weighted by atomic mass is 9.94. The zero-order chi connectivity index (χ0) is 16.7. The number of hydrogen-bond donors (Lipinski definition) is 1. The summed E-state index contributed by atoms with van der Waals surface area (Å²) in [4.78, 5) is 15.9. The lowest BCUT2D eigenvalue weighted by Gasteiger charge is -2.12. The third-order valence-corrected chi connectivity index (χ3v) is 4.26. The number of benzene rings is 3. The molecule has 0 aliphatic rings. The standard InChI is InChI=1S/C21H15NO2/c1-13-11-18(17-8-4-6-14-5-2-3-7-16(14)17)19-12-15(21(23)24)9-10-20(19)22-13/h2-12H,1H3,(H,23,24). The van der Waals surface area contributed by atoms with Crippen molar-refractivity contribution in [2.45, 2.75) is 6.92 Å². The van der Waals surface area contributed by atoms with E-state index in [0.29, 0.717) is 0 Å². The van der Waals surface area contributed by atoms with Gasteiger partial charge in [0.05, 0.1) is 11.1 Å². The molecule has 24 heavy (non-hydrogen) atoms. The van der Waals surface area contributed by atoms with Crippen LogP contribution in [0, 0.1) is 6.92 Å². The molecule has 4 rings (SSSR count). The third kappa shape index (κ3) is 2.31. The SMILES string of the molecule is Cc1cc(-c2cccc3ccccc23)c2cc(C(=O)O)ccc2n1. The Morgan fingerprint density at radius 3 is 2.50 bits per heavy atom. The number of aryl methyl sites for hydroxylation is 1. The van der Waals surface area contributed by atoms with Crippen molar-refractivity contribution in [2.24, 2.45) is 0 Å². The lowest BCUT2D eigenvalue weighted by molar-refractivity contribution is 0.0697. The predicted molar refractivity (Wildman–Crippen MR) is 96.4 cm³/mol. The van der Waals surface area contributed by atoms with Gasteiger partial charge < -0.3 is 5.11 Å². The van der Waals surface area contributed by atoms with E-state index in [1.807, 2.05) is 31.2 Å². The second-order valence-corrected chi connectivity index (χ2v) is 5.87. The molecule has 0 bridgehead atoms.